The van der Waals surface area contributed by atoms with E-state index in [9.17, 15) is 0 Å². The Morgan fingerprint density at radius 2 is 2.24 bits per heavy atom. The van der Waals surface area contributed by atoms with Crippen molar-refractivity contribution in [3.05, 3.63) is 29.8 Å². The van der Waals surface area contributed by atoms with Crippen LogP contribution in [-0.4, -0.2) is 18.9 Å². The van der Waals surface area contributed by atoms with Gasteiger partial charge in [-0.1, -0.05) is 25.5 Å². The molecule has 1 fully saturated rings. The number of nitrogen functional groups attached to an aromatic ring is 1. The van der Waals surface area contributed by atoms with E-state index in [2.05, 4.69) is 17.9 Å². The van der Waals surface area contributed by atoms with Crippen LogP contribution in [0.5, 0.6) is 0 Å². The molecule has 0 bridgehead atoms. The highest BCUT2D eigenvalue weighted by Gasteiger charge is 2.20. The van der Waals surface area contributed by atoms with Gasteiger partial charge in [-0.05, 0) is 30.9 Å². The van der Waals surface area contributed by atoms with Crippen LogP contribution in [0.15, 0.2) is 24.3 Å². The first-order chi connectivity index (χ1) is 8.22. The molecular formula is C14H21N3. The van der Waals surface area contributed by atoms with E-state index in [4.69, 9.17) is 11.1 Å². The van der Waals surface area contributed by atoms with Crippen molar-refractivity contribution >= 4 is 11.5 Å². The van der Waals surface area contributed by atoms with Crippen molar-refractivity contribution in [2.24, 2.45) is 11.7 Å². The molecule has 1 unspecified atom stereocenters. The first-order valence-electron chi connectivity index (χ1n) is 6.40. The third-order valence-corrected chi connectivity index (χ3v) is 3.63. The largest absolute Gasteiger partial charge is 0.384 e. The molecule has 3 nitrogen and oxygen atoms in total. The minimum Gasteiger partial charge on any atom is -0.384 e. The lowest BCUT2D eigenvalue weighted by Gasteiger charge is -2.35. The Balaban J connectivity index is 2.24. The van der Waals surface area contributed by atoms with Gasteiger partial charge in [0, 0.05) is 24.3 Å². The van der Waals surface area contributed by atoms with E-state index in [1.807, 2.05) is 18.2 Å². The molecule has 0 radical (unpaired) electrons. The van der Waals surface area contributed by atoms with E-state index in [1.54, 1.807) is 0 Å². The maximum absolute atomic E-state index is 7.64. The number of nitrogens with one attached hydrogen (secondary N) is 1. The summed E-state index contributed by atoms with van der Waals surface area (Å²) in [6.07, 6.45) is 3.80. The number of piperidine rings is 1. The molecule has 17 heavy (non-hydrogen) atoms. The zero-order valence-corrected chi connectivity index (χ0v) is 10.4. The van der Waals surface area contributed by atoms with Crippen LogP contribution in [0.3, 0.4) is 0 Å². The monoisotopic (exact) mass is 231 g/mol. The number of benzene rings is 1. The second-order valence-electron chi connectivity index (χ2n) is 4.79. The highest BCUT2D eigenvalue weighted by molar-refractivity contribution is 6.00. The molecule has 92 valence electrons. The van der Waals surface area contributed by atoms with Gasteiger partial charge in [0.2, 0.25) is 0 Å². The van der Waals surface area contributed by atoms with Crippen molar-refractivity contribution in [3.63, 3.8) is 0 Å². The van der Waals surface area contributed by atoms with Crippen molar-refractivity contribution in [2.75, 3.05) is 18.0 Å². The van der Waals surface area contributed by atoms with Crippen molar-refractivity contribution in [1.82, 2.24) is 0 Å². The number of hydrogen-bond donors (Lipinski definition) is 2. The van der Waals surface area contributed by atoms with E-state index in [1.165, 1.54) is 19.3 Å². The standard InChI is InChI=1S/C14H21N3/c1-2-11-6-5-9-17(10-11)13-8-4-3-7-12(13)14(15)16/h3-4,7-8,11H,2,5-6,9-10H2,1H3,(H3,15,16). The summed E-state index contributed by atoms with van der Waals surface area (Å²) in [5, 5.41) is 7.64. The fourth-order valence-electron chi connectivity index (χ4n) is 2.59. The van der Waals surface area contributed by atoms with Gasteiger partial charge in [0.05, 0.1) is 0 Å². The number of anilines is 1. The molecule has 1 aromatic carbocycles. The summed E-state index contributed by atoms with van der Waals surface area (Å²) in [7, 11) is 0. The zero-order chi connectivity index (χ0) is 12.3. The molecule has 0 aromatic heterocycles. The summed E-state index contributed by atoms with van der Waals surface area (Å²) in [5.74, 6) is 0.947. The average molecular weight is 231 g/mol. The third kappa shape index (κ3) is 2.60. The van der Waals surface area contributed by atoms with E-state index >= 15 is 0 Å². The molecule has 1 atom stereocenters. The minimum atomic E-state index is 0.166. The molecule has 1 aromatic rings. The summed E-state index contributed by atoms with van der Waals surface area (Å²) < 4.78 is 0. The van der Waals surface area contributed by atoms with Crippen molar-refractivity contribution in [1.29, 1.82) is 5.41 Å². The van der Waals surface area contributed by atoms with E-state index < -0.39 is 0 Å². The molecule has 3 N–H and O–H groups in total. The van der Waals surface area contributed by atoms with Crippen LogP contribution in [0, 0.1) is 11.3 Å². The normalized spacial score (nSPS) is 20.3. The molecule has 0 spiro atoms. The van der Waals surface area contributed by atoms with Crippen LogP contribution in [-0.2, 0) is 0 Å². The Bertz CT molecular complexity index is 400. The predicted molar refractivity (Wildman–Crippen MR) is 72.7 cm³/mol. The number of para-hydroxylation sites is 1. The van der Waals surface area contributed by atoms with Gasteiger partial charge in [-0.3, -0.25) is 5.41 Å². The second-order valence-corrected chi connectivity index (χ2v) is 4.79. The number of hydrogen-bond acceptors (Lipinski definition) is 2. The maximum Gasteiger partial charge on any atom is 0.124 e. The van der Waals surface area contributed by atoms with Gasteiger partial charge < -0.3 is 10.6 Å². The highest BCUT2D eigenvalue weighted by atomic mass is 15.1. The lowest BCUT2D eigenvalue weighted by Crippen LogP contribution is -2.36. The Kier molecular flexibility index (Phi) is 3.67. The molecule has 3 heteroatoms. The van der Waals surface area contributed by atoms with Crippen molar-refractivity contribution in [3.8, 4) is 0 Å². The Morgan fingerprint density at radius 3 is 2.94 bits per heavy atom. The smallest absolute Gasteiger partial charge is 0.124 e. The van der Waals surface area contributed by atoms with Crippen LogP contribution in [0.4, 0.5) is 5.69 Å². The van der Waals surface area contributed by atoms with Gasteiger partial charge in [0.25, 0.3) is 0 Å². The SMILES string of the molecule is CCC1CCCN(c2ccccc2C(=N)N)C1. The van der Waals surface area contributed by atoms with Crippen LogP contribution >= 0.6 is 0 Å². The van der Waals surface area contributed by atoms with Crippen LogP contribution in [0.2, 0.25) is 0 Å². The summed E-state index contributed by atoms with van der Waals surface area (Å²) in [6.45, 7) is 4.44. The molecule has 0 aliphatic carbocycles. The summed E-state index contributed by atoms with van der Waals surface area (Å²) >= 11 is 0. The van der Waals surface area contributed by atoms with Crippen LogP contribution < -0.4 is 10.6 Å². The fourth-order valence-corrected chi connectivity index (χ4v) is 2.59. The van der Waals surface area contributed by atoms with Crippen molar-refractivity contribution in [2.45, 2.75) is 26.2 Å². The Hall–Kier alpha value is -1.51. The van der Waals surface area contributed by atoms with Gasteiger partial charge in [-0.2, -0.15) is 0 Å². The Morgan fingerprint density at radius 1 is 1.47 bits per heavy atom. The maximum atomic E-state index is 7.64. The molecule has 1 saturated heterocycles. The molecule has 1 heterocycles. The molecular weight excluding hydrogens is 210 g/mol. The first-order valence-corrected chi connectivity index (χ1v) is 6.40. The summed E-state index contributed by atoms with van der Waals surface area (Å²) in [4.78, 5) is 2.38. The highest BCUT2D eigenvalue weighted by Crippen LogP contribution is 2.27. The molecule has 1 aliphatic heterocycles. The van der Waals surface area contributed by atoms with E-state index in [0.29, 0.717) is 0 Å². The molecule has 0 saturated carbocycles. The van der Waals surface area contributed by atoms with Gasteiger partial charge in [-0.25, -0.2) is 0 Å². The molecule has 2 rings (SSSR count). The topological polar surface area (TPSA) is 53.1 Å². The van der Waals surface area contributed by atoms with Gasteiger partial charge in [-0.15, -0.1) is 0 Å². The molecule has 1 aliphatic rings. The zero-order valence-electron chi connectivity index (χ0n) is 10.4. The number of rotatable bonds is 3. The quantitative estimate of drug-likeness (QED) is 0.620. The second kappa shape index (κ2) is 5.21. The van der Waals surface area contributed by atoms with Crippen LogP contribution in [0.25, 0.3) is 0 Å². The molecule has 0 amide bonds. The fraction of sp³-hybridized carbons (Fsp3) is 0.500. The number of nitrogens with zero attached hydrogens (tertiary/aromatic N) is 1. The lowest BCUT2D eigenvalue weighted by atomic mass is 9.94. The average Bonchev–Trinajstić information content (AvgIpc) is 2.39. The third-order valence-electron chi connectivity index (χ3n) is 3.63. The summed E-state index contributed by atoms with van der Waals surface area (Å²) in [6, 6.07) is 7.99. The summed E-state index contributed by atoms with van der Waals surface area (Å²) in [5.41, 5.74) is 7.63. The lowest BCUT2D eigenvalue weighted by molar-refractivity contribution is 0.404. The van der Waals surface area contributed by atoms with E-state index in [-0.39, 0.29) is 5.84 Å². The van der Waals surface area contributed by atoms with Gasteiger partial charge in [0.1, 0.15) is 5.84 Å². The predicted octanol–water partition coefficient (Wildman–Crippen LogP) is 2.60. The van der Waals surface area contributed by atoms with Gasteiger partial charge in [0.15, 0.2) is 0 Å². The van der Waals surface area contributed by atoms with Crippen LogP contribution in [0.1, 0.15) is 31.7 Å². The van der Waals surface area contributed by atoms with E-state index in [0.717, 1.165) is 30.3 Å². The van der Waals surface area contributed by atoms with Gasteiger partial charge >= 0.3 is 0 Å². The Labute approximate surface area is 103 Å². The first kappa shape index (κ1) is 12.0. The van der Waals surface area contributed by atoms with Crippen molar-refractivity contribution < 1.29 is 0 Å². The minimum absolute atomic E-state index is 0.166. The number of amidine groups is 1. The number of nitrogens with two attached hydrogens (primary N) is 1.